The molecule has 3 rings (SSSR count). The zero-order valence-corrected chi connectivity index (χ0v) is 16.4. The van der Waals surface area contributed by atoms with E-state index in [4.69, 9.17) is 21.4 Å². The summed E-state index contributed by atoms with van der Waals surface area (Å²) in [6.07, 6.45) is 0. The summed E-state index contributed by atoms with van der Waals surface area (Å²) >= 11 is 7.68. The summed E-state index contributed by atoms with van der Waals surface area (Å²) < 4.78 is 7.43. The molecule has 1 aromatic heterocycles. The number of carboxylic acid groups (broad SMARTS) is 1. The maximum absolute atomic E-state index is 10.9. The fraction of sp³-hybridized carbons (Fsp3) is 0.211. The number of hydrogen-bond acceptors (Lipinski definition) is 5. The molecule has 0 saturated heterocycles. The van der Waals surface area contributed by atoms with E-state index in [1.165, 1.54) is 0 Å². The van der Waals surface area contributed by atoms with Gasteiger partial charge < -0.3 is 14.4 Å². The second-order valence-electron chi connectivity index (χ2n) is 5.69. The number of nitrogens with zero attached hydrogens (tertiary/aromatic N) is 3. The molecule has 140 valence electrons. The predicted molar refractivity (Wildman–Crippen MR) is 106 cm³/mol. The lowest BCUT2D eigenvalue weighted by Gasteiger charge is -2.11. The van der Waals surface area contributed by atoms with Crippen LogP contribution < -0.4 is 4.74 Å². The van der Waals surface area contributed by atoms with Crippen LogP contribution in [0.2, 0.25) is 5.02 Å². The molecule has 0 aliphatic heterocycles. The number of carboxylic acids is 1. The highest BCUT2D eigenvalue weighted by molar-refractivity contribution is 7.98. The van der Waals surface area contributed by atoms with Gasteiger partial charge in [-0.25, -0.2) is 4.79 Å². The Hall–Kier alpha value is -2.51. The van der Waals surface area contributed by atoms with Crippen LogP contribution >= 0.6 is 23.4 Å². The molecule has 8 heteroatoms. The standard InChI is InChI=1S/C19H18ClN3O3S/c1-3-23-17(15-10-14(20)8-9-16(15)26-2)21-22-19(23)27-11-12-4-6-13(7-5-12)18(24)25/h4-10H,3,11H2,1-2H3,(H,24,25). The van der Waals surface area contributed by atoms with Gasteiger partial charge in [-0.1, -0.05) is 35.5 Å². The van der Waals surface area contributed by atoms with Gasteiger partial charge in [-0.15, -0.1) is 10.2 Å². The molecule has 6 nitrogen and oxygen atoms in total. The molecule has 27 heavy (non-hydrogen) atoms. The fourth-order valence-electron chi connectivity index (χ4n) is 2.63. The van der Waals surface area contributed by atoms with Gasteiger partial charge in [0.25, 0.3) is 0 Å². The summed E-state index contributed by atoms with van der Waals surface area (Å²) in [6, 6.07) is 12.2. The summed E-state index contributed by atoms with van der Waals surface area (Å²) in [5.41, 5.74) is 2.07. The summed E-state index contributed by atoms with van der Waals surface area (Å²) in [7, 11) is 1.61. The summed E-state index contributed by atoms with van der Waals surface area (Å²) in [5, 5.41) is 19.0. The third-order valence-corrected chi connectivity index (χ3v) is 5.28. The van der Waals surface area contributed by atoms with Gasteiger partial charge in [0.15, 0.2) is 11.0 Å². The molecular formula is C19H18ClN3O3S. The van der Waals surface area contributed by atoms with E-state index in [-0.39, 0.29) is 5.56 Å². The first-order valence-electron chi connectivity index (χ1n) is 8.25. The lowest BCUT2D eigenvalue weighted by molar-refractivity contribution is 0.0697. The number of aromatic nitrogens is 3. The van der Waals surface area contributed by atoms with Crippen LogP contribution in [-0.2, 0) is 12.3 Å². The van der Waals surface area contributed by atoms with E-state index >= 15 is 0 Å². The molecule has 3 aromatic rings. The smallest absolute Gasteiger partial charge is 0.335 e. The Labute approximate surface area is 166 Å². The number of hydrogen-bond donors (Lipinski definition) is 1. The molecule has 0 fully saturated rings. The van der Waals surface area contributed by atoms with E-state index in [9.17, 15) is 4.79 Å². The fourth-order valence-corrected chi connectivity index (χ4v) is 3.76. The van der Waals surface area contributed by atoms with E-state index in [1.807, 2.05) is 35.8 Å². The first-order valence-corrected chi connectivity index (χ1v) is 9.62. The number of thioether (sulfide) groups is 1. The Bertz CT molecular complexity index is 957. The second kappa shape index (κ2) is 8.45. The van der Waals surface area contributed by atoms with Crippen LogP contribution in [0.3, 0.4) is 0 Å². The van der Waals surface area contributed by atoms with E-state index in [2.05, 4.69) is 10.2 Å². The molecule has 0 saturated carbocycles. The Balaban J connectivity index is 1.84. The van der Waals surface area contributed by atoms with Crippen molar-refractivity contribution in [3.63, 3.8) is 0 Å². The lowest BCUT2D eigenvalue weighted by atomic mass is 10.1. The summed E-state index contributed by atoms with van der Waals surface area (Å²) in [5.74, 6) is 1.10. The van der Waals surface area contributed by atoms with Gasteiger partial charge in [0.05, 0.1) is 18.2 Å². The summed E-state index contributed by atoms with van der Waals surface area (Å²) in [6.45, 7) is 2.72. The van der Waals surface area contributed by atoms with Gasteiger partial charge in [-0.2, -0.15) is 0 Å². The molecule has 0 atom stereocenters. The molecule has 0 aliphatic rings. The van der Waals surface area contributed by atoms with Crippen LogP contribution in [0, 0.1) is 0 Å². The number of methoxy groups -OCH3 is 1. The maximum Gasteiger partial charge on any atom is 0.335 e. The Morgan fingerprint density at radius 2 is 1.96 bits per heavy atom. The zero-order chi connectivity index (χ0) is 19.4. The third kappa shape index (κ3) is 4.26. The third-order valence-electron chi connectivity index (χ3n) is 4.00. The maximum atomic E-state index is 10.9. The second-order valence-corrected chi connectivity index (χ2v) is 7.06. The van der Waals surface area contributed by atoms with Gasteiger partial charge in [0.2, 0.25) is 0 Å². The molecule has 0 spiro atoms. The highest BCUT2D eigenvalue weighted by Gasteiger charge is 2.17. The average Bonchev–Trinajstić information content (AvgIpc) is 3.09. The van der Waals surface area contributed by atoms with Gasteiger partial charge in [-0.3, -0.25) is 0 Å². The van der Waals surface area contributed by atoms with E-state index in [0.717, 1.165) is 16.3 Å². The van der Waals surface area contributed by atoms with Crippen LogP contribution in [0.5, 0.6) is 5.75 Å². The van der Waals surface area contributed by atoms with Crippen molar-refractivity contribution in [2.45, 2.75) is 24.4 Å². The minimum absolute atomic E-state index is 0.274. The number of aromatic carboxylic acids is 1. The highest BCUT2D eigenvalue weighted by Crippen LogP contribution is 2.33. The molecule has 2 aromatic carbocycles. The highest BCUT2D eigenvalue weighted by atomic mass is 35.5. The normalized spacial score (nSPS) is 10.8. The molecular weight excluding hydrogens is 386 g/mol. The average molecular weight is 404 g/mol. The van der Waals surface area contributed by atoms with Crippen molar-refractivity contribution in [3.8, 4) is 17.1 Å². The van der Waals surface area contributed by atoms with Crippen LogP contribution in [0.25, 0.3) is 11.4 Å². The number of benzene rings is 2. The van der Waals surface area contributed by atoms with E-state index in [0.29, 0.717) is 28.9 Å². The lowest BCUT2D eigenvalue weighted by Crippen LogP contribution is -2.01. The van der Waals surface area contributed by atoms with E-state index < -0.39 is 5.97 Å². The van der Waals surface area contributed by atoms with Crippen LogP contribution in [-0.4, -0.2) is 33.0 Å². The largest absolute Gasteiger partial charge is 0.496 e. The molecule has 0 aliphatic carbocycles. The molecule has 0 radical (unpaired) electrons. The van der Waals surface area contributed by atoms with Crippen molar-refractivity contribution < 1.29 is 14.6 Å². The quantitative estimate of drug-likeness (QED) is 0.580. The van der Waals surface area contributed by atoms with Crippen molar-refractivity contribution in [1.82, 2.24) is 14.8 Å². The van der Waals surface area contributed by atoms with Crippen LogP contribution in [0.15, 0.2) is 47.6 Å². The molecule has 0 amide bonds. The Kier molecular flexibility index (Phi) is 6.03. The first kappa shape index (κ1) is 19.3. The number of halogens is 1. The van der Waals surface area contributed by atoms with Crippen molar-refractivity contribution in [2.24, 2.45) is 0 Å². The van der Waals surface area contributed by atoms with Crippen LogP contribution in [0.1, 0.15) is 22.8 Å². The molecule has 1 N–H and O–H groups in total. The number of ether oxygens (including phenoxy) is 1. The molecule has 1 heterocycles. The van der Waals surface area contributed by atoms with Crippen molar-refractivity contribution >= 4 is 29.3 Å². The zero-order valence-electron chi connectivity index (χ0n) is 14.8. The Morgan fingerprint density at radius 1 is 1.22 bits per heavy atom. The van der Waals surface area contributed by atoms with Crippen LogP contribution in [0.4, 0.5) is 0 Å². The predicted octanol–water partition coefficient (Wildman–Crippen LogP) is 4.62. The number of carbonyl (C=O) groups is 1. The van der Waals surface area contributed by atoms with Gasteiger partial charge in [0, 0.05) is 17.3 Å². The first-order chi connectivity index (χ1) is 13.0. The van der Waals surface area contributed by atoms with Crippen molar-refractivity contribution in [3.05, 3.63) is 58.6 Å². The van der Waals surface area contributed by atoms with E-state index in [1.54, 1.807) is 37.1 Å². The minimum Gasteiger partial charge on any atom is -0.496 e. The SMILES string of the molecule is CCn1c(SCc2ccc(C(=O)O)cc2)nnc1-c1cc(Cl)ccc1OC. The summed E-state index contributed by atoms with van der Waals surface area (Å²) in [4.78, 5) is 10.9. The molecule has 0 bridgehead atoms. The Morgan fingerprint density at radius 3 is 2.59 bits per heavy atom. The van der Waals surface area contributed by atoms with Gasteiger partial charge in [0.1, 0.15) is 5.75 Å². The molecule has 0 unspecified atom stereocenters. The monoisotopic (exact) mass is 403 g/mol. The topological polar surface area (TPSA) is 77.2 Å². The van der Waals surface area contributed by atoms with Crippen molar-refractivity contribution in [2.75, 3.05) is 7.11 Å². The minimum atomic E-state index is -0.931. The van der Waals surface area contributed by atoms with Crippen molar-refractivity contribution in [1.29, 1.82) is 0 Å². The number of rotatable bonds is 7. The van der Waals surface area contributed by atoms with Gasteiger partial charge in [-0.05, 0) is 42.8 Å². The van der Waals surface area contributed by atoms with Gasteiger partial charge >= 0.3 is 5.97 Å².